The summed E-state index contributed by atoms with van der Waals surface area (Å²) in [6.07, 6.45) is 8.16. The zero-order chi connectivity index (χ0) is 6.74. The van der Waals surface area contributed by atoms with Crippen LogP contribution in [0.2, 0.25) is 0 Å². The minimum atomic E-state index is 0.677. The Labute approximate surface area is 55.8 Å². The first kappa shape index (κ1) is 6.31. The van der Waals surface area contributed by atoms with Gasteiger partial charge in [0.15, 0.2) is 6.54 Å². The molecule has 0 saturated carbocycles. The van der Waals surface area contributed by atoms with Crippen molar-refractivity contribution in [3.05, 3.63) is 0 Å². The summed E-state index contributed by atoms with van der Waals surface area (Å²) in [6.45, 7) is 1.78. The Balaban J connectivity index is 2.54. The Kier molecular flexibility index (Phi) is 1.54. The lowest BCUT2D eigenvalue weighted by atomic mass is 10.4. The van der Waals surface area contributed by atoms with Crippen LogP contribution in [0, 0.1) is 12.3 Å². The Morgan fingerprint density at radius 3 is 3.11 bits per heavy atom. The minimum absolute atomic E-state index is 0.677. The summed E-state index contributed by atoms with van der Waals surface area (Å²) in [6, 6.07) is 0. The minimum Gasteiger partial charge on any atom is -0.190 e. The van der Waals surface area contributed by atoms with Crippen molar-refractivity contribution in [2.24, 2.45) is 5.10 Å². The molecule has 2 nitrogen and oxygen atoms in total. The van der Waals surface area contributed by atoms with Gasteiger partial charge in [-0.1, -0.05) is 5.10 Å². The molecule has 0 radical (unpaired) electrons. The summed E-state index contributed by atoms with van der Waals surface area (Å²) < 4.78 is 0.677. The maximum Gasteiger partial charge on any atom is 0.164 e. The molecule has 0 bridgehead atoms. The molecule has 0 amide bonds. The monoisotopic (exact) mass is 123 g/mol. The van der Waals surface area contributed by atoms with Gasteiger partial charge < -0.3 is 0 Å². The molecule has 0 saturated heterocycles. The zero-order valence-corrected chi connectivity index (χ0v) is 5.67. The first-order valence-electron chi connectivity index (χ1n) is 3.09. The maximum atomic E-state index is 5.15. The van der Waals surface area contributed by atoms with E-state index < -0.39 is 0 Å². The molecule has 0 aromatic heterocycles. The molecule has 0 aromatic rings. The third-order valence-corrected chi connectivity index (χ3v) is 1.53. The highest BCUT2D eigenvalue weighted by atomic mass is 15.6. The number of hydrogen-bond acceptors (Lipinski definition) is 1. The summed E-state index contributed by atoms with van der Waals surface area (Å²) in [4.78, 5) is 0. The van der Waals surface area contributed by atoms with Crippen LogP contribution in [0.5, 0.6) is 0 Å². The highest BCUT2D eigenvalue weighted by Gasteiger charge is 2.22. The van der Waals surface area contributed by atoms with Gasteiger partial charge in [-0.3, -0.25) is 0 Å². The first-order valence-corrected chi connectivity index (χ1v) is 3.09. The van der Waals surface area contributed by atoms with Crippen LogP contribution in [0.1, 0.15) is 6.42 Å². The summed E-state index contributed by atoms with van der Waals surface area (Å²) in [7, 11) is 2.04. The van der Waals surface area contributed by atoms with E-state index in [1.807, 2.05) is 13.3 Å². The van der Waals surface area contributed by atoms with Gasteiger partial charge in [0.25, 0.3) is 0 Å². The fraction of sp³-hybridized carbons (Fsp3) is 0.571. The van der Waals surface area contributed by atoms with Gasteiger partial charge in [0.05, 0.1) is 13.3 Å². The van der Waals surface area contributed by atoms with E-state index >= 15 is 0 Å². The third kappa shape index (κ3) is 1.30. The molecule has 0 aromatic carbocycles. The molecule has 48 valence electrons. The average Bonchev–Trinajstić information content (AvgIpc) is 2.16. The largest absolute Gasteiger partial charge is 0.190 e. The molecule has 0 N–H and O–H groups in total. The normalized spacial score (nSPS) is 32.4. The Bertz CT molecular complexity index is 166. The van der Waals surface area contributed by atoms with Gasteiger partial charge in [0, 0.05) is 6.42 Å². The predicted octanol–water partition coefficient (Wildman–Crippen LogP) is 0.456. The van der Waals surface area contributed by atoms with E-state index in [1.54, 1.807) is 0 Å². The molecular weight excluding hydrogens is 112 g/mol. The van der Waals surface area contributed by atoms with Gasteiger partial charge in [0.2, 0.25) is 0 Å². The van der Waals surface area contributed by atoms with Crippen LogP contribution in [0.15, 0.2) is 5.10 Å². The number of rotatable bonds is 1. The van der Waals surface area contributed by atoms with Gasteiger partial charge >= 0.3 is 0 Å². The van der Waals surface area contributed by atoms with Crippen LogP contribution in [0.4, 0.5) is 0 Å². The van der Waals surface area contributed by atoms with E-state index in [9.17, 15) is 0 Å². The fourth-order valence-corrected chi connectivity index (χ4v) is 0.965. The van der Waals surface area contributed by atoms with E-state index in [-0.39, 0.29) is 0 Å². The van der Waals surface area contributed by atoms with Gasteiger partial charge in [-0.25, -0.2) is 0 Å². The number of nitrogens with zero attached hydrogens (tertiary/aromatic N) is 2. The molecule has 1 aliphatic heterocycles. The zero-order valence-electron chi connectivity index (χ0n) is 5.67. The standard InChI is InChI=1S/C7H11N2/c1-3-6-9(2)7-4-5-8-9/h1,5H,4,6-7H2,2H3/q+1. The maximum absolute atomic E-state index is 5.15. The summed E-state index contributed by atoms with van der Waals surface area (Å²) in [5.41, 5.74) is 0. The molecule has 1 unspecified atom stereocenters. The number of hydrogen-bond donors (Lipinski definition) is 0. The van der Waals surface area contributed by atoms with Crippen LogP contribution in [0.25, 0.3) is 0 Å². The van der Waals surface area contributed by atoms with Gasteiger partial charge in [-0.05, 0) is 5.92 Å². The van der Waals surface area contributed by atoms with E-state index in [2.05, 4.69) is 11.0 Å². The predicted molar refractivity (Wildman–Crippen MR) is 37.9 cm³/mol. The molecule has 2 heteroatoms. The lowest BCUT2D eigenvalue weighted by Gasteiger charge is -2.19. The first-order chi connectivity index (χ1) is 4.27. The van der Waals surface area contributed by atoms with Crippen LogP contribution in [-0.4, -0.2) is 30.9 Å². The van der Waals surface area contributed by atoms with Crippen molar-refractivity contribution in [3.8, 4) is 12.3 Å². The van der Waals surface area contributed by atoms with Crippen molar-refractivity contribution >= 4 is 6.21 Å². The SMILES string of the molecule is C#CC[N+]1(C)CCC=N1. The van der Waals surface area contributed by atoms with Gasteiger partial charge in [-0.2, -0.15) is 4.59 Å². The van der Waals surface area contributed by atoms with Crippen LogP contribution in [0.3, 0.4) is 0 Å². The van der Waals surface area contributed by atoms with Crippen molar-refractivity contribution in [3.63, 3.8) is 0 Å². The molecule has 1 aliphatic rings. The van der Waals surface area contributed by atoms with Crippen molar-refractivity contribution in [2.45, 2.75) is 6.42 Å². The quantitative estimate of drug-likeness (QED) is 0.355. The van der Waals surface area contributed by atoms with Gasteiger partial charge in [0.1, 0.15) is 6.54 Å². The van der Waals surface area contributed by atoms with Crippen LogP contribution in [-0.2, 0) is 0 Å². The molecule has 0 fully saturated rings. The van der Waals surface area contributed by atoms with E-state index in [4.69, 9.17) is 6.42 Å². The smallest absolute Gasteiger partial charge is 0.164 e. The van der Waals surface area contributed by atoms with E-state index in [0.717, 1.165) is 19.5 Å². The topological polar surface area (TPSA) is 12.4 Å². The molecular formula is C7H11N2+. The molecule has 0 aliphatic carbocycles. The van der Waals surface area contributed by atoms with E-state index in [1.165, 1.54) is 0 Å². The second kappa shape index (κ2) is 2.20. The second-order valence-electron chi connectivity index (χ2n) is 2.51. The highest BCUT2D eigenvalue weighted by molar-refractivity contribution is 5.57. The molecule has 1 atom stereocenters. The molecule has 1 rings (SSSR count). The summed E-state index contributed by atoms with van der Waals surface area (Å²) in [5, 5.41) is 4.23. The summed E-state index contributed by atoms with van der Waals surface area (Å²) in [5.74, 6) is 2.61. The van der Waals surface area contributed by atoms with Crippen molar-refractivity contribution in [1.82, 2.24) is 0 Å². The lowest BCUT2D eigenvalue weighted by Crippen LogP contribution is -2.36. The fourth-order valence-electron chi connectivity index (χ4n) is 0.965. The van der Waals surface area contributed by atoms with E-state index in [0.29, 0.717) is 4.59 Å². The van der Waals surface area contributed by atoms with Gasteiger partial charge in [-0.15, -0.1) is 6.42 Å². The molecule has 9 heavy (non-hydrogen) atoms. The van der Waals surface area contributed by atoms with Crippen LogP contribution >= 0.6 is 0 Å². The lowest BCUT2D eigenvalue weighted by molar-refractivity contribution is -0.903. The number of terminal acetylenes is 1. The Hall–Kier alpha value is -0.810. The second-order valence-corrected chi connectivity index (χ2v) is 2.51. The average molecular weight is 123 g/mol. The van der Waals surface area contributed by atoms with Crippen molar-refractivity contribution < 1.29 is 4.59 Å². The van der Waals surface area contributed by atoms with Crippen molar-refractivity contribution in [1.29, 1.82) is 0 Å². The Morgan fingerprint density at radius 2 is 2.67 bits per heavy atom. The highest BCUT2D eigenvalue weighted by Crippen LogP contribution is 2.08. The molecule has 0 spiro atoms. The third-order valence-electron chi connectivity index (χ3n) is 1.53. The van der Waals surface area contributed by atoms with Crippen molar-refractivity contribution in [2.75, 3.05) is 20.1 Å². The summed E-state index contributed by atoms with van der Waals surface area (Å²) >= 11 is 0. The Morgan fingerprint density at radius 1 is 1.89 bits per heavy atom. The molecule has 1 heterocycles. The number of quaternary nitrogens is 1. The van der Waals surface area contributed by atoms with Crippen LogP contribution < -0.4 is 0 Å².